The molecule has 154 valence electrons. The van der Waals surface area contributed by atoms with E-state index in [0.29, 0.717) is 35.8 Å². The summed E-state index contributed by atoms with van der Waals surface area (Å²) in [5.41, 5.74) is 2.48. The first-order valence-corrected chi connectivity index (χ1v) is 10.7. The number of hydrogen-bond donors (Lipinski definition) is 2. The van der Waals surface area contributed by atoms with Gasteiger partial charge in [-0.05, 0) is 49.2 Å². The van der Waals surface area contributed by atoms with E-state index in [4.69, 9.17) is 9.88 Å². The Bertz CT molecular complexity index is 1070. The summed E-state index contributed by atoms with van der Waals surface area (Å²) < 4.78 is 28.8. The van der Waals surface area contributed by atoms with Crippen LogP contribution >= 0.6 is 0 Å². The summed E-state index contributed by atoms with van der Waals surface area (Å²) in [6, 6.07) is 10.0. The number of para-hydroxylation sites is 2. The van der Waals surface area contributed by atoms with Crippen LogP contribution in [0.1, 0.15) is 24.0 Å². The summed E-state index contributed by atoms with van der Waals surface area (Å²) in [5, 5.41) is 7.88. The van der Waals surface area contributed by atoms with E-state index in [2.05, 4.69) is 5.32 Å². The number of sulfonamides is 1. The molecule has 0 atom stereocenters. The average Bonchev–Trinajstić information content (AvgIpc) is 2.68. The Hall–Kier alpha value is -2.91. The number of nitrogens with zero attached hydrogens (tertiary/aromatic N) is 1. The van der Waals surface area contributed by atoms with Crippen LogP contribution in [0.4, 0.5) is 11.4 Å². The predicted molar refractivity (Wildman–Crippen MR) is 109 cm³/mol. The molecule has 0 bridgehead atoms. The normalized spacial score (nSPS) is 13.4. The van der Waals surface area contributed by atoms with Gasteiger partial charge in [-0.25, -0.2) is 13.6 Å². The first kappa shape index (κ1) is 20.8. The number of carbonyl (C=O) groups is 2. The number of amides is 2. The van der Waals surface area contributed by atoms with Crippen LogP contribution in [0, 0.1) is 13.8 Å². The molecular formula is C20H23N3O5S. The van der Waals surface area contributed by atoms with E-state index in [1.807, 2.05) is 12.1 Å². The van der Waals surface area contributed by atoms with Gasteiger partial charge in [0.05, 0.1) is 17.1 Å². The molecule has 9 heteroatoms. The van der Waals surface area contributed by atoms with Crippen molar-refractivity contribution in [2.75, 3.05) is 23.4 Å². The maximum atomic E-state index is 12.6. The standard InChI is InChI=1S/C20H23N3O5S/c1-13-11-15(29(21,26)27)12-16(14(13)2)22-19(24)7-8-20(25)23-9-10-28-18-6-4-3-5-17(18)23/h3-6,11-12H,7-10H2,1-2H3,(H,22,24)(H2,21,26,27). The zero-order valence-corrected chi connectivity index (χ0v) is 17.1. The molecule has 0 spiro atoms. The van der Waals surface area contributed by atoms with Crippen molar-refractivity contribution in [3.05, 3.63) is 47.5 Å². The molecular weight excluding hydrogens is 394 g/mol. The van der Waals surface area contributed by atoms with Crippen molar-refractivity contribution < 1.29 is 22.7 Å². The van der Waals surface area contributed by atoms with E-state index in [1.165, 1.54) is 12.1 Å². The lowest BCUT2D eigenvalue weighted by Crippen LogP contribution is -2.38. The van der Waals surface area contributed by atoms with Crippen LogP contribution in [0.25, 0.3) is 0 Å². The summed E-state index contributed by atoms with van der Waals surface area (Å²) in [4.78, 5) is 26.5. The van der Waals surface area contributed by atoms with Crippen LogP contribution in [0.15, 0.2) is 41.3 Å². The molecule has 0 saturated heterocycles. The topological polar surface area (TPSA) is 119 Å². The molecule has 0 aliphatic carbocycles. The van der Waals surface area contributed by atoms with Gasteiger partial charge < -0.3 is 15.0 Å². The fraction of sp³-hybridized carbons (Fsp3) is 0.300. The van der Waals surface area contributed by atoms with Gasteiger partial charge in [-0.3, -0.25) is 9.59 Å². The van der Waals surface area contributed by atoms with Crippen molar-refractivity contribution in [2.24, 2.45) is 5.14 Å². The van der Waals surface area contributed by atoms with Gasteiger partial charge in [0, 0.05) is 18.5 Å². The largest absolute Gasteiger partial charge is 0.490 e. The van der Waals surface area contributed by atoms with Crippen molar-refractivity contribution in [3.63, 3.8) is 0 Å². The fourth-order valence-corrected chi connectivity index (χ4v) is 3.74. The van der Waals surface area contributed by atoms with E-state index in [9.17, 15) is 18.0 Å². The third kappa shape index (κ3) is 4.75. The minimum absolute atomic E-state index is 0.0209. The summed E-state index contributed by atoms with van der Waals surface area (Å²) in [5.74, 6) is 0.0820. The molecule has 29 heavy (non-hydrogen) atoms. The van der Waals surface area contributed by atoms with E-state index in [-0.39, 0.29) is 29.6 Å². The van der Waals surface area contributed by atoms with Gasteiger partial charge in [0.2, 0.25) is 21.8 Å². The molecule has 2 aromatic carbocycles. The molecule has 0 aromatic heterocycles. The summed E-state index contributed by atoms with van der Waals surface area (Å²) in [7, 11) is -3.89. The Labute approximate surface area is 169 Å². The fourth-order valence-electron chi connectivity index (χ4n) is 3.12. The lowest BCUT2D eigenvalue weighted by Gasteiger charge is -2.29. The maximum Gasteiger partial charge on any atom is 0.238 e. The van der Waals surface area contributed by atoms with Crippen LogP contribution in [-0.2, 0) is 19.6 Å². The Morgan fingerprint density at radius 3 is 2.62 bits per heavy atom. The molecule has 0 fully saturated rings. The van der Waals surface area contributed by atoms with Gasteiger partial charge in [0.25, 0.3) is 0 Å². The van der Waals surface area contributed by atoms with Crippen LogP contribution < -0.4 is 20.1 Å². The molecule has 2 amide bonds. The number of carbonyl (C=O) groups excluding carboxylic acids is 2. The molecule has 2 aromatic rings. The smallest absolute Gasteiger partial charge is 0.238 e. The number of fused-ring (bicyclic) bond motifs is 1. The second-order valence-electron chi connectivity index (χ2n) is 6.87. The Morgan fingerprint density at radius 2 is 1.90 bits per heavy atom. The molecule has 0 unspecified atom stereocenters. The minimum Gasteiger partial charge on any atom is -0.490 e. The first-order valence-electron chi connectivity index (χ1n) is 9.13. The van der Waals surface area contributed by atoms with Gasteiger partial charge >= 0.3 is 0 Å². The average molecular weight is 417 g/mol. The Balaban J connectivity index is 1.67. The number of nitrogens with two attached hydrogens (primary N) is 1. The second kappa shape index (κ2) is 8.22. The molecule has 8 nitrogen and oxygen atoms in total. The Morgan fingerprint density at radius 1 is 1.17 bits per heavy atom. The maximum absolute atomic E-state index is 12.6. The lowest BCUT2D eigenvalue weighted by molar-refractivity contribution is -0.122. The highest BCUT2D eigenvalue weighted by Gasteiger charge is 2.23. The third-order valence-electron chi connectivity index (χ3n) is 4.84. The molecule has 0 radical (unpaired) electrons. The number of aryl methyl sites for hydroxylation is 1. The number of ether oxygens (including phenoxy) is 1. The van der Waals surface area contributed by atoms with Crippen LogP contribution in [0.5, 0.6) is 5.75 Å². The highest BCUT2D eigenvalue weighted by Crippen LogP contribution is 2.31. The summed E-state index contributed by atoms with van der Waals surface area (Å²) in [6.45, 7) is 4.33. The predicted octanol–water partition coefficient (Wildman–Crippen LogP) is 2.10. The quantitative estimate of drug-likeness (QED) is 0.772. The number of primary sulfonamides is 1. The highest BCUT2D eigenvalue weighted by molar-refractivity contribution is 7.89. The van der Waals surface area contributed by atoms with Crippen LogP contribution in [-0.4, -0.2) is 33.4 Å². The zero-order valence-electron chi connectivity index (χ0n) is 16.3. The van der Waals surface area contributed by atoms with Crippen LogP contribution in [0.2, 0.25) is 0 Å². The van der Waals surface area contributed by atoms with E-state index >= 15 is 0 Å². The summed E-state index contributed by atoms with van der Waals surface area (Å²) >= 11 is 0. The molecule has 1 aliphatic heterocycles. The molecule has 0 saturated carbocycles. The van der Waals surface area contributed by atoms with E-state index < -0.39 is 10.0 Å². The van der Waals surface area contributed by atoms with Crippen molar-refractivity contribution in [3.8, 4) is 5.75 Å². The van der Waals surface area contributed by atoms with Crippen LogP contribution in [0.3, 0.4) is 0 Å². The van der Waals surface area contributed by atoms with Gasteiger partial charge in [0.15, 0.2) is 0 Å². The number of nitrogens with one attached hydrogen (secondary N) is 1. The molecule has 3 N–H and O–H groups in total. The molecule has 3 rings (SSSR count). The number of hydrogen-bond acceptors (Lipinski definition) is 5. The van der Waals surface area contributed by atoms with Crippen molar-refractivity contribution in [1.82, 2.24) is 0 Å². The monoisotopic (exact) mass is 417 g/mol. The molecule has 1 heterocycles. The van der Waals surface area contributed by atoms with Crippen molar-refractivity contribution in [1.29, 1.82) is 0 Å². The number of rotatable bonds is 5. The van der Waals surface area contributed by atoms with Gasteiger partial charge in [-0.1, -0.05) is 12.1 Å². The van der Waals surface area contributed by atoms with Gasteiger partial charge in [-0.2, -0.15) is 0 Å². The number of anilines is 2. The number of benzene rings is 2. The highest BCUT2D eigenvalue weighted by atomic mass is 32.2. The third-order valence-corrected chi connectivity index (χ3v) is 5.73. The SMILES string of the molecule is Cc1cc(S(N)(=O)=O)cc(NC(=O)CCC(=O)N2CCOc3ccccc32)c1C. The van der Waals surface area contributed by atoms with Crippen molar-refractivity contribution >= 4 is 33.2 Å². The lowest BCUT2D eigenvalue weighted by atomic mass is 10.1. The summed E-state index contributed by atoms with van der Waals surface area (Å²) in [6.07, 6.45) is -0.0104. The van der Waals surface area contributed by atoms with E-state index in [0.717, 1.165) is 5.56 Å². The van der Waals surface area contributed by atoms with Gasteiger partial charge in [0.1, 0.15) is 12.4 Å². The van der Waals surface area contributed by atoms with E-state index in [1.54, 1.807) is 30.9 Å². The zero-order chi connectivity index (χ0) is 21.2. The second-order valence-corrected chi connectivity index (χ2v) is 8.43. The molecule has 1 aliphatic rings. The van der Waals surface area contributed by atoms with Crippen molar-refractivity contribution in [2.45, 2.75) is 31.6 Å². The van der Waals surface area contributed by atoms with Gasteiger partial charge in [-0.15, -0.1) is 0 Å². The minimum atomic E-state index is -3.89. The first-order chi connectivity index (χ1) is 13.7. The Kier molecular flexibility index (Phi) is 5.90.